The molecule has 0 heterocycles. The molecule has 0 radical (unpaired) electrons. The van der Waals surface area contributed by atoms with Crippen LogP contribution in [0.25, 0.3) is 0 Å². The van der Waals surface area contributed by atoms with Crippen molar-refractivity contribution in [3.05, 3.63) is 51.1 Å². The standard InChI is InChI=1S/C19H21IN2O4/c1-3-9-26-18-15(20)10-13(11-17(18)25-4-2)12-21-22-19(24)14-7-5-6-8-16(14)23/h5-8,10-12,23H,3-4,9H2,1-2H3,(H,22,24)/b21-12-. The number of rotatable bonds is 8. The molecule has 7 heteroatoms. The number of amides is 1. The maximum absolute atomic E-state index is 12.0. The molecule has 0 aliphatic carbocycles. The number of carbonyl (C=O) groups is 1. The molecule has 26 heavy (non-hydrogen) atoms. The Morgan fingerprint density at radius 3 is 2.73 bits per heavy atom. The number of carbonyl (C=O) groups excluding carboxylic acids is 1. The first-order valence-corrected chi connectivity index (χ1v) is 9.35. The Balaban J connectivity index is 2.14. The van der Waals surface area contributed by atoms with Crippen LogP contribution in [0.4, 0.5) is 0 Å². The topological polar surface area (TPSA) is 80.2 Å². The molecule has 0 atom stereocenters. The fraction of sp³-hybridized carbons (Fsp3) is 0.263. The third kappa shape index (κ3) is 5.35. The minimum atomic E-state index is -0.484. The van der Waals surface area contributed by atoms with Crippen molar-refractivity contribution in [1.29, 1.82) is 0 Å². The quantitative estimate of drug-likeness (QED) is 0.350. The average molecular weight is 468 g/mol. The number of phenols is 1. The van der Waals surface area contributed by atoms with Gasteiger partial charge in [-0.05, 0) is 65.8 Å². The Morgan fingerprint density at radius 2 is 2.04 bits per heavy atom. The number of hydrogen-bond acceptors (Lipinski definition) is 5. The molecule has 0 fully saturated rings. The lowest BCUT2D eigenvalue weighted by Gasteiger charge is -2.14. The van der Waals surface area contributed by atoms with Gasteiger partial charge in [0.1, 0.15) is 5.75 Å². The van der Waals surface area contributed by atoms with Gasteiger partial charge in [0.15, 0.2) is 11.5 Å². The van der Waals surface area contributed by atoms with Crippen molar-refractivity contribution in [2.75, 3.05) is 13.2 Å². The zero-order valence-corrected chi connectivity index (χ0v) is 16.8. The lowest BCUT2D eigenvalue weighted by Crippen LogP contribution is -2.17. The van der Waals surface area contributed by atoms with Gasteiger partial charge in [0.05, 0.1) is 28.6 Å². The van der Waals surface area contributed by atoms with E-state index in [1.165, 1.54) is 18.3 Å². The summed E-state index contributed by atoms with van der Waals surface area (Å²) in [6.45, 7) is 5.08. The number of phenolic OH excluding ortho intramolecular Hbond substituents is 1. The second-order valence-electron chi connectivity index (χ2n) is 5.33. The zero-order valence-electron chi connectivity index (χ0n) is 14.7. The summed E-state index contributed by atoms with van der Waals surface area (Å²) >= 11 is 2.18. The SMILES string of the molecule is CCCOc1c(I)cc(/C=N\NC(=O)c2ccccc2O)cc1OCC. The maximum atomic E-state index is 12.0. The minimum absolute atomic E-state index is 0.0918. The molecule has 1 amide bonds. The Kier molecular flexibility index (Phi) is 7.71. The molecule has 0 spiro atoms. The molecule has 0 aliphatic heterocycles. The number of hydrazone groups is 1. The van der Waals surface area contributed by atoms with Gasteiger partial charge in [-0.25, -0.2) is 5.43 Å². The maximum Gasteiger partial charge on any atom is 0.275 e. The van der Waals surface area contributed by atoms with Gasteiger partial charge in [0.25, 0.3) is 5.91 Å². The second-order valence-corrected chi connectivity index (χ2v) is 6.49. The van der Waals surface area contributed by atoms with E-state index >= 15 is 0 Å². The lowest BCUT2D eigenvalue weighted by atomic mass is 10.2. The highest BCUT2D eigenvalue weighted by atomic mass is 127. The minimum Gasteiger partial charge on any atom is -0.507 e. The number of nitrogens with one attached hydrogen (secondary N) is 1. The van der Waals surface area contributed by atoms with E-state index in [0.29, 0.717) is 24.7 Å². The van der Waals surface area contributed by atoms with E-state index in [-0.39, 0.29) is 11.3 Å². The Hall–Kier alpha value is -2.29. The van der Waals surface area contributed by atoms with Crippen LogP contribution in [-0.4, -0.2) is 30.4 Å². The first kappa shape index (κ1) is 20.0. The number of ether oxygens (including phenoxy) is 2. The number of benzene rings is 2. The van der Waals surface area contributed by atoms with E-state index in [0.717, 1.165) is 15.6 Å². The van der Waals surface area contributed by atoms with Crippen LogP contribution in [0.15, 0.2) is 41.5 Å². The van der Waals surface area contributed by atoms with Crippen LogP contribution in [0, 0.1) is 3.57 Å². The van der Waals surface area contributed by atoms with Crippen LogP contribution < -0.4 is 14.9 Å². The normalized spacial score (nSPS) is 10.7. The summed E-state index contributed by atoms with van der Waals surface area (Å²) in [6, 6.07) is 10.00. The molecule has 0 saturated carbocycles. The molecule has 0 saturated heterocycles. The van der Waals surface area contributed by atoms with E-state index in [2.05, 4.69) is 33.1 Å². The van der Waals surface area contributed by atoms with Gasteiger partial charge in [0.2, 0.25) is 0 Å². The summed E-state index contributed by atoms with van der Waals surface area (Å²) in [4.78, 5) is 12.0. The molecule has 2 rings (SSSR count). The molecule has 138 valence electrons. The monoisotopic (exact) mass is 468 g/mol. The third-order valence-corrected chi connectivity index (χ3v) is 4.11. The molecular weight excluding hydrogens is 447 g/mol. The molecule has 6 nitrogen and oxygen atoms in total. The van der Waals surface area contributed by atoms with Gasteiger partial charge in [-0.2, -0.15) is 5.10 Å². The largest absolute Gasteiger partial charge is 0.507 e. The van der Waals surface area contributed by atoms with Crippen LogP contribution in [-0.2, 0) is 0 Å². The number of nitrogens with zero attached hydrogens (tertiary/aromatic N) is 1. The van der Waals surface area contributed by atoms with Crippen molar-refractivity contribution >= 4 is 34.7 Å². The van der Waals surface area contributed by atoms with Crippen LogP contribution in [0.1, 0.15) is 36.2 Å². The molecule has 2 aromatic carbocycles. The number of aromatic hydroxyl groups is 1. The van der Waals surface area contributed by atoms with E-state index in [1.54, 1.807) is 12.1 Å². The van der Waals surface area contributed by atoms with Crippen molar-refractivity contribution in [3.8, 4) is 17.2 Å². The highest BCUT2D eigenvalue weighted by Gasteiger charge is 2.12. The average Bonchev–Trinajstić information content (AvgIpc) is 2.61. The van der Waals surface area contributed by atoms with Gasteiger partial charge in [0, 0.05) is 0 Å². The summed E-state index contributed by atoms with van der Waals surface area (Å²) in [7, 11) is 0. The van der Waals surface area contributed by atoms with Gasteiger partial charge in [-0.1, -0.05) is 19.1 Å². The third-order valence-electron chi connectivity index (χ3n) is 3.31. The van der Waals surface area contributed by atoms with E-state index in [9.17, 15) is 9.90 Å². The Bertz CT molecular complexity index is 793. The summed E-state index contributed by atoms with van der Waals surface area (Å²) < 4.78 is 12.3. The summed E-state index contributed by atoms with van der Waals surface area (Å²) in [5.74, 6) is 0.777. The zero-order chi connectivity index (χ0) is 18.9. The molecule has 0 unspecified atom stereocenters. The first-order chi connectivity index (χ1) is 12.6. The predicted molar refractivity (Wildman–Crippen MR) is 109 cm³/mol. The van der Waals surface area contributed by atoms with E-state index < -0.39 is 5.91 Å². The Morgan fingerprint density at radius 1 is 1.27 bits per heavy atom. The van der Waals surface area contributed by atoms with Gasteiger partial charge >= 0.3 is 0 Å². The molecule has 2 aromatic rings. The van der Waals surface area contributed by atoms with Gasteiger partial charge in [-0.15, -0.1) is 0 Å². The molecular formula is C19H21IN2O4. The summed E-state index contributed by atoms with van der Waals surface area (Å²) in [6.07, 6.45) is 2.43. The highest BCUT2D eigenvalue weighted by molar-refractivity contribution is 14.1. The summed E-state index contributed by atoms with van der Waals surface area (Å²) in [5, 5.41) is 13.6. The fourth-order valence-corrected chi connectivity index (χ4v) is 2.94. The van der Waals surface area contributed by atoms with Crippen molar-refractivity contribution in [2.45, 2.75) is 20.3 Å². The van der Waals surface area contributed by atoms with Crippen LogP contribution in [0.2, 0.25) is 0 Å². The predicted octanol–water partition coefficient (Wildman–Crippen LogP) is 3.95. The van der Waals surface area contributed by atoms with Gasteiger partial charge < -0.3 is 14.6 Å². The molecule has 0 bridgehead atoms. The fourth-order valence-electron chi connectivity index (χ4n) is 2.16. The molecule has 0 aromatic heterocycles. The van der Waals surface area contributed by atoms with Crippen LogP contribution >= 0.6 is 22.6 Å². The highest BCUT2D eigenvalue weighted by Crippen LogP contribution is 2.34. The van der Waals surface area contributed by atoms with Crippen molar-refractivity contribution in [1.82, 2.24) is 5.43 Å². The molecule has 0 aliphatic rings. The number of halogens is 1. The van der Waals surface area contributed by atoms with E-state index in [1.807, 2.05) is 26.0 Å². The number of hydrogen-bond donors (Lipinski definition) is 2. The lowest BCUT2D eigenvalue weighted by molar-refractivity contribution is 0.0952. The summed E-state index contributed by atoms with van der Waals surface area (Å²) in [5.41, 5.74) is 3.33. The van der Waals surface area contributed by atoms with Crippen molar-refractivity contribution < 1.29 is 19.4 Å². The smallest absolute Gasteiger partial charge is 0.275 e. The number of para-hydroxylation sites is 1. The van der Waals surface area contributed by atoms with Crippen molar-refractivity contribution in [3.63, 3.8) is 0 Å². The van der Waals surface area contributed by atoms with Crippen LogP contribution in [0.3, 0.4) is 0 Å². The van der Waals surface area contributed by atoms with Gasteiger partial charge in [-0.3, -0.25) is 4.79 Å². The van der Waals surface area contributed by atoms with Crippen LogP contribution in [0.5, 0.6) is 17.2 Å². The van der Waals surface area contributed by atoms with E-state index in [4.69, 9.17) is 9.47 Å². The second kappa shape index (κ2) is 10.0. The van der Waals surface area contributed by atoms with Crippen molar-refractivity contribution in [2.24, 2.45) is 5.10 Å². The first-order valence-electron chi connectivity index (χ1n) is 8.27. The Labute approximate surface area is 166 Å². The molecule has 2 N–H and O–H groups in total.